The van der Waals surface area contributed by atoms with E-state index >= 15 is 0 Å². The van der Waals surface area contributed by atoms with E-state index in [1.165, 1.54) is 12.0 Å². The molecule has 1 rings (SSSR count). The summed E-state index contributed by atoms with van der Waals surface area (Å²) in [6.45, 7) is 6.09. The lowest BCUT2D eigenvalue weighted by atomic mass is 9.84. The molecule has 1 aliphatic rings. The molecule has 2 unspecified atom stereocenters. The lowest BCUT2D eigenvalue weighted by molar-refractivity contribution is -0.112. The van der Waals surface area contributed by atoms with Crippen LogP contribution in [0.1, 0.15) is 33.6 Å². The van der Waals surface area contributed by atoms with Gasteiger partial charge < -0.3 is 0 Å². The van der Waals surface area contributed by atoms with Gasteiger partial charge in [-0.3, -0.25) is 4.79 Å². The molecule has 0 saturated carbocycles. The van der Waals surface area contributed by atoms with Gasteiger partial charge in [-0.15, -0.1) is 0 Å². The van der Waals surface area contributed by atoms with E-state index in [0.717, 1.165) is 12.3 Å². The van der Waals surface area contributed by atoms with Crippen molar-refractivity contribution in [1.29, 1.82) is 0 Å². The Morgan fingerprint density at radius 1 is 1.54 bits per heavy atom. The van der Waals surface area contributed by atoms with Crippen LogP contribution in [-0.2, 0) is 4.79 Å². The van der Waals surface area contributed by atoms with E-state index in [1.54, 1.807) is 13.0 Å². The van der Waals surface area contributed by atoms with Crippen LogP contribution in [0.25, 0.3) is 0 Å². The first-order chi connectivity index (χ1) is 6.08. The van der Waals surface area contributed by atoms with Crippen LogP contribution in [0, 0.1) is 11.8 Å². The number of ketones is 1. The summed E-state index contributed by atoms with van der Waals surface area (Å²) < 4.78 is 0. The maximum atomic E-state index is 10.7. The highest BCUT2D eigenvalue weighted by Gasteiger charge is 2.14. The number of hydrogen-bond donors (Lipinski definition) is 0. The standard InChI is InChI=1S/C12H18O/c1-9-6-10(2)8-12(7-9)5-4-11(3)13/h4-5,7,9-10H,6,8H2,1-3H3/b5-4+. The SMILES string of the molecule is CC(=O)/C=C/C1=CC(C)CC(C)C1. The van der Waals surface area contributed by atoms with Crippen molar-refractivity contribution >= 4 is 5.78 Å². The van der Waals surface area contributed by atoms with Gasteiger partial charge in [0.15, 0.2) is 5.78 Å². The highest BCUT2D eigenvalue weighted by molar-refractivity contribution is 5.87. The molecule has 13 heavy (non-hydrogen) atoms. The molecular formula is C12H18O. The summed E-state index contributed by atoms with van der Waals surface area (Å²) in [4.78, 5) is 10.7. The smallest absolute Gasteiger partial charge is 0.152 e. The summed E-state index contributed by atoms with van der Waals surface area (Å²) >= 11 is 0. The second-order valence-electron chi connectivity index (χ2n) is 4.21. The summed E-state index contributed by atoms with van der Waals surface area (Å²) in [6.07, 6.45) is 8.30. The van der Waals surface area contributed by atoms with E-state index < -0.39 is 0 Å². The Kier molecular flexibility index (Phi) is 3.47. The topological polar surface area (TPSA) is 17.1 Å². The summed E-state index contributed by atoms with van der Waals surface area (Å²) in [5.74, 6) is 1.55. The van der Waals surface area contributed by atoms with Crippen molar-refractivity contribution in [1.82, 2.24) is 0 Å². The van der Waals surface area contributed by atoms with Gasteiger partial charge in [0.1, 0.15) is 0 Å². The van der Waals surface area contributed by atoms with E-state index in [9.17, 15) is 4.79 Å². The third kappa shape index (κ3) is 3.58. The van der Waals surface area contributed by atoms with Gasteiger partial charge in [0.2, 0.25) is 0 Å². The molecule has 0 aromatic rings. The van der Waals surface area contributed by atoms with Crippen molar-refractivity contribution in [3.05, 3.63) is 23.8 Å². The Labute approximate surface area is 80.5 Å². The molecule has 0 N–H and O–H groups in total. The van der Waals surface area contributed by atoms with Crippen LogP contribution < -0.4 is 0 Å². The van der Waals surface area contributed by atoms with Crippen LogP contribution in [0.3, 0.4) is 0 Å². The number of rotatable bonds is 2. The van der Waals surface area contributed by atoms with E-state index in [1.807, 2.05) is 6.08 Å². The molecular weight excluding hydrogens is 160 g/mol. The van der Waals surface area contributed by atoms with Crippen LogP contribution in [0.4, 0.5) is 0 Å². The average molecular weight is 178 g/mol. The fraction of sp³-hybridized carbons (Fsp3) is 0.583. The molecule has 0 heterocycles. The Hall–Kier alpha value is -0.850. The van der Waals surface area contributed by atoms with E-state index in [-0.39, 0.29) is 5.78 Å². The Balaban J connectivity index is 2.63. The van der Waals surface area contributed by atoms with Crippen molar-refractivity contribution in [3.8, 4) is 0 Å². The number of hydrogen-bond acceptors (Lipinski definition) is 1. The lowest BCUT2D eigenvalue weighted by Crippen LogP contribution is -2.08. The first-order valence-corrected chi connectivity index (χ1v) is 4.97. The van der Waals surface area contributed by atoms with Crippen molar-refractivity contribution < 1.29 is 4.79 Å². The fourth-order valence-corrected chi connectivity index (χ4v) is 1.97. The third-order valence-corrected chi connectivity index (χ3v) is 2.39. The van der Waals surface area contributed by atoms with E-state index in [0.29, 0.717) is 5.92 Å². The van der Waals surface area contributed by atoms with Gasteiger partial charge in [0.05, 0.1) is 0 Å². The molecule has 1 aliphatic carbocycles. The van der Waals surface area contributed by atoms with E-state index in [2.05, 4.69) is 19.9 Å². The van der Waals surface area contributed by atoms with Gasteiger partial charge >= 0.3 is 0 Å². The second-order valence-corrected chi connectivity index (χ2v) is 4.21. The molecule has 0 bridgehead atoms. The molecule has 0 amide bonds. The van der Waals surface area contributed by atoms with Crippen LogP contribution in [0.15, 0.2) is 23.8 Å². The number of carbonyl (C=O) groups is 1. The number of carbonyl (C=O) groups excluding carboxylic acids is 1. The lowest BCUT2D eigenvalue weighted by Gasteiger charge is -2.21. The van der Waals surface area contributed by atoms with Crippen molar-refractivity contribution in [2.24, 2.45) is 11.8 Å². The van der Waals surface area contributed by atoms with Crippen LogP contribution in [0.5, 0.6) is 0 Å². The molecule has 0 aliphatic heterocycles. The predicted molar refractivity (Wildman–Crippen MR) is 55.5 cm³/mol. The Bertz CT molecular complexity index is 248. The van der Waals surface area contributed by atoms with Crippen molar-refractivity contribution in [2.45, 2.75) is 33.6 Å². The minimum Gasteiger partial charge on any atom is -0.295 e. The van der Waals surface area contributed by atoms with Gasteiger partial charge in [0, 0.05) is 0 Å². The van der Waals surface area contributed by atoms with Gasteiger partial charge in [0.25, 0.3) is 0 Å². The Morgan fingerprint density at radius 2 is 2.23 bits per heavy atom. The molecule has 0 saturated heterocycles. The highest BCUT2D eigenvalue weighted by Crippen LogP contribution is 2.27. The van der Waals surface area contributed by atoms with E-state index in [4.69, 9.17) is 0 Å². The second kappa shape index (κ2) is 4.40. The predicted octanol–water partition coefficient (Wildman–Crippen LogP) is 3.12. The molecule has 2 atom stereocenters. The van der Waals surface area contributed by atoms with Crippen molar-refractivity contribution in [2.75, 3.05) is 0 Å². The van der Waals surface area contributed by atoms with Crippen molar-refractivity contribution in [3.63, 3.8) is 0 Å². The van der Waals surface area contributed by atoms with Gasteiger partial charge in [-0.2, -0.15) is 0 Å². The molecule has 0 aromatic carbocycles. The number of allylic oxidation sites excluding steroid dienone is 4. The average Bonchev–Trinajstić information content (AvgIpc) is 1.99. The van der Waals surface area contributed by atoms with Gasteiger partial charge in [-0.05, 0) is 37.7 Å². The first kappa shape index (κ1) is 10.2. The Morgan fingerprint density at radius 3 is 2.77 bits per heavy atom. The molecule has 0 spiro atoms. The fourth-order valence-electron chi connectivity index (χ4n) is 1.97. The normalized spacial score (nSPS) is 29.0. The van der Waals surface area contributed by atoms with Gasteiger partial charge in [-0.1, -0.05) is 31.6 Å². The molecule has 0 aromatic heterocycles. The maximum Gasteiger partial charge on any atom is 0.152 e. The quantitative estimate of drug-likeness (QED) is 0.594. The summed E-state index contributed by atoms with van der Waals surface area (Å²) in [7, 11) is 0. The maximum absolute atomic E-state index is 10.7. The molecule has 0 fully saturated rings. The molecule has 0 radical (unpaired) electrons. The molecule has 1 heteroatoms. The van der Waals surface area contributed by atoms with Crippen LogP contribution >= 0.6 is 0 Å². The van der Waals surface area contributed by atoms with Crippen LogP contribution in [0.2, 0.25) is 0 Å². The summed E-state index contributed by atoms with van der Waals surface area (Å²) in [6, 6.07) is 0. The first-order valence-electron chi connectivity index (χ1n) is 4.97. The zero-order valence-corrected chi connectivity index (χ0v) is 8.71. The largest absolute Gasteiger partial charge is 0.295 e. The minimum atomic E-state index is 0.131. The molecule has 1 nitrogen and oxygen atoms in total. The highest BCUT2D eigenvalue weighted by atomic mass is 16.1. The summed E-state index contributed by atoms with van der Waals surface area (Å²) in [5.41, 5.74) is 1.32. The zero-order chi connectivity index (χ0) is 9.84. The summed E-state index contributed by atoms with van der Waals surface area (Å²) in [5, 5.41) is 0. The third-order valence-electron chi connectivity index (χ3n) is 2.39. The van der Waals surface area contributed by atoms with Crippen LogP contribution in [-0.4, -0.2) is 5.78 Å². The molecule has 72 valence electrons. The zero-order valence-electron chi connectivity index (χ0n) is 8.71. The monoisotopic (exact) mass is 178 g/mol. The van der Waals surface area contributed by atoms with Gasteiger partial charge in [-0.25, -0.2) is 0 Å². The minimum absolute atomic E-state index is 0.131.